The van der Waals surface area contributed by atoms with Crippen LogP contribution in [-0.2, 0) is 24.9 Å². The first-order valence-electron chi connectivity index (χ1n) is 16.5. The van der Waals surface area contributed by atoms with Gasteiger partial charge in [0, 0.05) is 58.3 Å². The van der Waals surface area contributed by atoms with Crippen LogP contribution in [0.25, 0.3) is 22.0 Å². The number of allylic oxidation sites excluding steroid dienone is 2. The van der Waals surface area contributed by atoms with Crippen molar-refractivity contribution in [2.75, 3.05) is 23.9 Å². The predicted molar refractivity (Wildman–Crippen MR) is 182 cm³/mol. The van der Waals surface area contributed by atoms with Crippen molar-refractivity contribution >= 4 is 27.9 Å². The van der Waals surface area contributed by atoms with Crippen LogP contribution in [0.15, 0.2) is 48.4 Å². The Bertz CT molecular complexity index is 1430. The molecule has 6 heteroatoms. The summed E-state index contributed by atoms with van der Waals surface area (Å²) in [5.41, 5.74) is 7.35. The van der Waals surface area contributed by atoms with E-state index < -0.39 is 0 Å². The third-order valence-electron chi connectivity index (χ3n) is 9.97. The Morgan fingerprint density at radius 3 is 2.09 bits per heavy atom. The summed E-state index contributed by atoms with van der Waals surface area (Å²) in [6, 6.07) is 14.7. The van der Waals surface area contributed by atoms with E-state index in [1.807, 2.05) is 33.9 Å². The number of fused-ring (bicyclic) bond motifs is 2. The maximum Gasteiger partial charge on any atom is 0.162 e. The standard InChI is InChI=1S/C25H28N3.C13H24O2.Ir/c1-17-12-18(2)14-20(13-17)24-21-16-23-22(15-19(21)8-11-26-24)27(3)25(28(23)4)9-6-5-7-10-25;1-5-10(6-2)12(14)9-13(15)11(7-3)8-4;/h8,11-13,15-16H,5-7,9-10H2,1-4H3;9-11,14H,5-8H2,1-4H3;/q-1;;/b;12-9-;. The van der Waals surface area contributed by atoms with E-state index in [0.717, 1.165) is 42.5 Å². The molecular formula is C38H52IrN3O2-. The minimum atomic E-state index is 0. The van der Waals surface area contributed by atoms with Gasteiger partial charge in [-0.15, -0.1) is 34.9 Å². The van der Waals surface area contributed by atoms with Gasteiger partial charge in [0.2, 0.25) is 0 Å². The van der Waals surface area contributed by atoms with Crippen molar-refractivity contribution in [3.8, 4) is 11.3 Å². The van der Waals surface area contributed by atoms with Crippen molar-refractivity contribution in [1.82, 2.24) is 4.98 Å². The van der Waals surface area contributed by atoms with E-state index >= 15 is 0 Å². The summed E-state index contributed by atoms with van der Waals surface area (Å²) >= 11 is 0. The van der Waals surface area contributed by atoms with Crippen LogP contribution in [0.5, 0.6) is 0 Å². The number of benzene rings is 2. The number of anilines is 2. The fourth-order valence-corrected chi connectivity index (χ4v) is 7.21. The van der Waals surface area contributed by atoms with Gasteiger partial charge in [-0.3, -0.25) is 4.79 Å². The van der Waals surface area contributed by atoms with E-state index in [9.17, 15) is 9.90 Å². The zero-order valence-electron chi connectivity index (χ0n) is 28.1. The molecule has 44 heavy (non-hydrogen) atoms. The number of aliphatic hydroxyl groups is 1. The molecular weight excluding hydrogens is 723 g/mol. The Morgan fingerprint density at radius 2 is 1.52 bits per heavy atom. The van der Waals surface area contributed by atoms with Crippen LogP contribution < -0.4 is 9.80 Å². The maximum atomic E-state index is 11.7. The van der Waals surface area contributed by atoms with Gasteiger partial charge in [0.1, 0.15) is 5.66 Å². The number of hydrogen-bond acceptors (Lipinski definition) is 5. The molecule has 1 radical (unpaired) electrons. The van der Waals surface area contributed by atoms with Gasteiger partial charge in [-0.25, -0.2) is 0 Å². The van der Waals surface area contributed by atoms with E-state index in [2.05, 4.69) is 74.1 Å². The minimum Gasteiger partial charge on any atom is -0.512 e. The van der Waals surface area contributed by atoms with Crippen LogP contribution >= 0.6 is 0 Å². The predicted octanol–water partition coefficient (Wildman–Crippen LogP) is 9.73. The summed E-state index contributed by atoms with van der Waals surface area (Å²) in [7, 11) is 4.55. The molecule has 1 N–H and O–H groups in total. The van der Waals surface area contributed by atoms with Gasteiger partial charge in [0.15, 0.2) is 5.78 Å². The molecule has 0 bridgehead atoms. The van der Waals surface area contributed by atoms with Gasteiger partial charge in [0.05, 0.1) is 17.1 Å². The Labute approximate surface area is 279 Å². The fraction of sp³-hybridized carbons (Fsp3) is 0.526. The number of hydrogen-bond donors (Lipinski definition) is 1. The van der Waals surface area contributed by atoms with Crippen molar-refractivity contribution in [3.05, 3.63) is 65.6 Å². The van der Waals surface area contributed by atoms with Crippen LogP contribution in [0.4, 0.5) is 11.4 Å². The first kappa shape index (κ1) is 35.8. The molecule has 1 spiro atoms. The van der Waals surface area contributed by atoms with E-state index in [1.54, 1.807) is 0 Å². The van der Waals surface area contributed by atoms with Crippen molar-refractivity contribution in [2.45, 2.75) is 105 Å². The van der Waals surface area contributed by atoms with Gasteiger partial charge in [-0.1, -0.05) is 48.0 Å². The third kappa shape index (κ3) is 7.23. The molecule has 1 fully saturated rings. The summed E-state index contributed by atoms with van der Waals surface area (Å²) in [5, 5.41) is 12.2. The second kappa shape index (κ2) is 15.5. The van der Waals surface area contributed by atoms with Gasteiger partial charge in [-0.2, -0.15) is 0 Å². The van der Waals surface area contributed by atoms with Crippen LogP contribution in [-0.4, -0.2) is 35.6 Å². The largest absolute Gasteiger partial charge is 0.512 e. The van der Waals surface area contributed by atoms with Crippen molar-refractivity contribution < 1.29 is 30.0 Å². The Morgan fingerprint density at radius 1 is 0.932 bits per heavy atom. The number of pyridine rings is 1. The van der Waals surface area contributed by atoms with Crippen molar-refractivity contribution in [1.29, 1.82) is 0 Å². The summed E-state index contributed by atoms with van der Waals surface area (Å²) in [6.07, 6.45) is 13.3. The average Bonchev–Trinajstić information content (AvgIpc) is 3.18. The quantitative estimate of drug-likeness (QED) is 0.140. The monoisotopic (exact) mass is 775 g/mol. The topological polar surface area (TPSA) is 56.7 Å². The molecule has 2 aliphatic rings. The maximum absolute atomic E-state index is 11.7. The van der Waals surface area contributed by atoms with Gasteiger partial charge < -0.3 is 19.9 Å². The van der Waals surface area contributed by atoms with Crippen LogP contribution in [0.3, 0.4) is 0 Å². The number of aromatic nitrogens is 1. The second-order valence-electron chi connectivity index (χ2n) is 12.6. The molecule has 0 saturated heterocycles. The summed E-state index contributed by atoms with van der Waals surface area (Å²) in [4.78, 5) is 21.5. The van der Waals surface area contributed by atoms with Crippen molar-refractivity contribution in [3.63, 3.8) is 0 Å². The zero-order valence-corrected chi connectivity index (χ0v) is 30.5. The van der Waals surface area contributed by atoms with Crippen molar-refractivity contribution in [2.24, 2.45) is 11.8 Å². The molecule has 5 rings (SSSR count). The summed E-state index contributed by atoms with van der Waals surface area (Å²) < 4.78 is 0. The van der Waals surface area contributed by atoms with Crippen LogP contribution in [0.1, 0.15) is 96.6 Å². The minimum absolute atomic E-state index is 0. The SMILES string of the molecule is CCC(CC)C(=O)/C=C(\O)C(CC)CC.Cc1[c-]c(-c2nccc3cc4c(cc23)N(C)C2(CCCCC2)N4C)cc(C)c1.[Ir]. The van der Waals surface area contributed by atoms with Crippen LogP contribution in [0.2, 0.25) is 0 Å². The molecule has 1 aliphatic heterocycles. The molecule has 3 aromatic rings. The Balaban J connectivity index is 0.000000286. The number of rotatable bonds is 8. The number of aryl methyl sites for hydroxylation is 2. The summed E-state index contributed by atoms with van der Waals surface area (Å²) in [5.74, 6) is 0.547. The number of aliphatic hydroxyl groups excluding tert-OH is 1. The average molecular weight is 775 g/mol. The molecule has 0 atom stereocenters. The molecule has 1 aromatic heterocycles. The van der Waals surface area contributed by atoms with E-state index in [0.29, 0.717) is 0 Å². The number of ketones is 1. The van der Waals surface area contributed by atoms with Gasteiger partial charge in [-0.05, 0) is 86.0 Å². The molecule has 2 heterocycles. The van der Waals surface area contributed by atoms with E-state index in [1.165, 1.54) is 65.9 Å². The number of nitrogens with zero attached hydrogens (tertiary/aromatic N) is 3. The zero-order chi connectivity index (χ0) is 31.3. The first-order valence-corrected chi connectivity index (χ1v) is 16.5. The smallest absolute Gasteiger partial charge is 0.162 e. The fourth-order valence-electron chi connectivity index (χ4n) is 7.21. The van der Waals surface area contributed by atoms with E-state index in [4.69, 9.17) is 4.98 Å². The van der Waals surface area contributed by atoms with Gasteiger partial charge >= 0.3 is 0 Å². The molecule has 1 saturated carbocycles. The summed E-state index contributed by atoms with van der Waals surface area (Å²) in [6.45, 7) is 12.3. The molecule has 1 aliphatic carbocycles. The molecule has 2 aromatic carbocycles. The molecule has 241 valence electrons. The Kier molecular flexibility index (Phi) is 12.6. The third-order valence-corrected chi connectivity index (χ3v) is 9.97. The van der Waals surface area contributed by atoms with Crippen LogP contribution in [0, 0.1) is 31.7 Å². The molecule has 5 nitrogen and oxygen atoms in total. The van der Waals surface area contributed by atoms with E-state index in [-0.39, 0.29) is 49.1 Å². The molecule has 0 unspecified atom stereocenters. The van der Waals surface area contributed by atoms with Gasteiger partial charge in [0.25, 0.3) is 0 Å². The number of carbonyl (C=O) groups is 1. The molecule has 0 amide bonds. The normalized spacial score (nSPS) is 15.8. The number of carbonyl (C=O) groups excluding carboxylic acids is 1. The Hall–Kier alpha value is -2.69. The first-order chi connectivity index (χ1) is 20.6. The second-order valence-corrected chi connectivity index (χ2v) is 12.6.